The average Bonchev–Trinajstić information content (AvgIpc) is 3.12. The number of hydrogen-bond donors (Lipinski definition) is 1. The van der Waals surface area contributed by atoms with Gasteiger partial charge in [-0.15, -0.1) is 0 Å². The number of benzene rings is 1. The van der Waals surface area contributed by atoms with Crippen LogP contribution in [-0.2, 0) is 17.6 Å². The van der Waals surface area contributed by atoms with Crippen LogP contribution in [-0.4, -0.2) is 49.6 Å². The predicted octanol–water partition coefficient (Wildman–Crippen LogP) is 2.99. The number of nitrogens with zero attached hydrogens (tertiary/aromatic N) is 2. The zero-order valence-corrected chi connectivity index (χ0v) is 16.2. The van der Waals surface area contributed by atoms with E-state index in [1.54, 1.807) is 0 Å². The van der Waals surface area contributed by atoms with Gasteiger partial charge >= 0.3 is 0 Å². The Balaban J connectivity index is 1.42. The Kier molecular flexibility index (Phi) is 5.60. The number of piperazine rings is 1. The Morgan fingerprint density at radius 2 is 1.92 bits per heavy atom. The molecule has 1 saturated carbocycles. The fourth-order valence-corrected chi connectivity index (χ4v) is 4.97. The van der Waals surface area contributed by atoms with Crippen molar-refractivity contribution >= 4 is 11.6 Å². The number of hydrogen-bond acceptors (Lipinski definition) is 3. The molecule has 1 aromatic carbocycles. The van der Waals surface area contributed by atoms with Crippen molar-refractivity contribution < 1.29 is 4.79 Å². The lowest BCUT2D eigenvalue weighted by molar-refractivity contribution is -0.123. The molecule has 0 aromatic heterocycles. The van der Waals surface area contributed by atoms with Gasteiger partial charge in [-0.05, 0) is 49.8 Å². The first-order valence-electron chi connectivity index (χ1n) is 10.6. The summed E-state index contributed by atoms with van der Waals surface area (Å²) in [6, 6.07) is 7.41. The number of carbonyl (C=O) groups excluding carboxylic acids is 1. The smallest absolute Gasteiger partial charge is 0.230 e. The third kappa shape index (κ3) is 3.81. The molecule has 1 aromatic rings. The van der Waals surface area contributed by atoms with Gasteiger partial charge in [-0.1, -0.05) is 31.4 Å². The van der Waals surface area contributed by atoms with Crippen LogP contribution in [0.3, 0.4) is 0 Å². The molecule has 1 saturated heterocycles. The molecular formula is C22H33N3O. The normalized spacial score (nSPS) is 23.0. The van der Waals surface area contributed by atoms with Crippen LogP contribution in [0, 0.1) is 5.92 Å². The average molecular weight is 356 g/mol. The van der Waals surface area contributed by atoms with E-state index in [9.17, 15) is 4.79 Å². The Morgan fingerprint density at radius 1 is 1.15 bits per heavy atom. The van der Waals surface area contributed by atoms with Crippen LogP contribution in [0.1, 0.15) is 50.2 Å². The highest BCUT2D eigenvalue weighted by molar-refractivity contribution is 5.97. The highest BCUT2D eigenvalue weighted by atomic mass is 16.2. The number of carbonyl (C=O) groups is 1. The van der Waals surface area contributed by atoms with E-state index in [1.807, 2.05) is 0 Å². The molecule has 1 atom stereocenters. The van der Waals surface area contributed by atoms with Crippen molar-refractivity contribution in [1.82, 2.24) is 10.2 Å². The van der Waals surface area contributed by atoms with E-state index in [2.05, 4.69) is 40.2 Å². The second-order valence-corrected chi connectivity index (χ2v) is 8.38. The van der Waals surface area contributed by atoms with E-state index in [0.29, 0.717) is 11.9 Å². The van der Waals surface area contributed by atoms with Crippen LogP contribution in [0.5, 0.6) is 0 Å². The lowest BCUT2D eigenvalue weighted by atomic mass is 9.88. The van der Waals surface area contributed by atoms with Crippen molar-refractivity contribution in [2.45, 2.75) is 57.9 Å². The molecule has 0 spiro atoms. The number of rotatable bonds is 4. The van der Waals surface area contributed by atoms with Crippen LogP contribution in [0.25, 0.3) is 0 Å². The van der Waals surface area contributed by atoms with E-state index in [1.165, 1.54) is 36.1 Å². The lowest BCUT2D eigenvalue weighted by Gasteiger charge is -2.33. The summed E-state index contributed by atoms with van der Waals surface area (Å²) in [5, 5.41) is 3.43. The topological polar surface area (TPSA) is 35.6 Å². The minimum absolute atomic E-state index is 0.266. The maximum absolute atomic E-state index is 12.9. The van der Waals surface area contributed by atoms with Gasteiger partial charge in [0.25, 0.3) is 0 Å². The van der Waals surface area contributed by atoms with Crippen molar-refractivity contribution in [3.05, 3.63) is 29.3 Å². The highest BCUT2D eigenvalue weighted by Crippen LogP contribution is 2.33. The first-order chi connectivity index (χ1) is 12.7. The van der Waals surface area contributed by atoms with Crippen LogP contribution in [0.2, 0.25) is 0 Å². The van der Waals surface area contributed by atoms with Gasteiger partial charge in [0.1, 0.15) is 0 Å². The zero-order valence-electron chi connectivity index (χ0n) is 16.2. The Labute approximate surface area is 157 Å². The molecule has 4 rings (SSSR count). The molecule has 1 N–H and O–H groups in total. The monoisotopic (exact) mass is 355 g/mol. The molecule has 2 aliphatic heterocycles. The minimum Gasteiger partial charge on any atom is -0.314 e. The first-order valence-corrected chi connectivity index (χ1v) is 10.6. The number of nitrogens with one attached hydrogen (secondary N) is 1. The molecule has 4 nitrogen and oxygen atoms in total. The van der Waals surface area contributed by atoms with Crippen LogP contribution in [0.15, 0.2) is 18.2 Å². The van der Waals surface area contributed by atoms with Crippen LogP contribution in [0.4, 0.5) is 5.69 Å². The predicted molar refractivity (Wildman–Crippen MR) is 107 cm³/mol. The standard InChI is InChI=1S/C22H33N3O/c1-17(24-13-10-23-11-14-24)15-18-7-8-21-20(16-18)9-12-25(21)22(26)19-5-3-2-4-6-19/h7-8,16-17,19,23H,2-6,9-15H2,1H3. The van der Waals surface area contributed by atoms with E-state index in [0.717, 1.165) is 58.4 Å². The van der Waals surface area contributed by atoms with Gasteiger partial charge in [0.15, 0.2) is 0 Å². The summed E-state index contributed by atoms with van der Waals surface area (Å²) < 4.78 is 0. The summed E-state index contributed by atoms with van der Waals surface area (Å²) in [6.07, 6.45) is 8.04. The van der Waals surface area contributed by atoms with Crippen molar-refractivity contribution in [2.75, 3.05) is 37.6 Å². The molecule has 1 amide bonds. The third-order valence-electron chi connectivity index (χ3n) is 6.57. The summed E-state index contributed by atoms with van der Waals surface area (Å²) in [7, 11) is 0. The van der Waals surface area contributed by atoms with E-state index >= 15 is 0 Å². The fourth-order valence-electron chi connectivity index (χ4n) is 4.97. The van der Waals surface area contributed by atoms with Gasteiger partial charge < -0.3 is 10.2 Å². The second kappa shape index (κ2) is 8.10. The van der Waals surface area contributed by atoms with Gasteiger partial charge in [0.2, 0.25) is 5.91 Å². The maximum atomic E-state index is 12.9. The quantitative estimate of drug-likeness (QED) is 0.902. The minimum atomic E-state index is 0.266. The molecule has 2 fully saturated rings. The second-order valence-electron chi connectivity index (χ2n) is 8.38. The molecule has 1 unspecified atom stereocenters. The number of anilines is 1. The number of fused-ring (bicyclic) bond motifs is 1. The molecule has 142 valence electrons. The fraction of sp³-hybridized carbons (Fsp3) is 0.682. The number of amides is 1. The zero-order chi connectivity index (χ0) is 17.9. The van der Waals surface area contributed by atoms with Gasteiger partial charge in [-0.3, -0.25) is 9.69 Å². The Hall–Kier alpha value is -1.39. The molecule has 1 aliphatic carbocycles. The van der Waals surface area contributed by atoms with E-state index in [-0.39, 0.29) is 5.92 Å². The van der Waals surface area contributed by atoms with Gasteiger partial charge in [0, 0.05) is 50.4 Å². The summed E-state index contributed by atoms with van der Waals surface area (Å²) >= 11 is 0. The summed E-state index contributed by atoms with van der Waals surface area (Å²) in [6.45, 7) is 7.73. The summed E-state index contributed by atoms with van der Waals surface area (Å²) in [5.74, 6) is 0.646. The Morgan fingerprint density at radius 3 is 2.69 bits per heavy atom. The molecule has 26 heavy (non-hydrogen) atoms. The molecule has 0 radical (unpaired) electrons. The van der Waals surface area contributed by atoms with Crippen LogP contribution >= 0.6 is 0 Å². The highest BCUT2D eigenvalue weighted by Gasteiger charge is 2.31. The third-order valence-corrected chi connectivity index (χ3v) is 6.57. The Bertz CT molecular complexity index is 632. The van der Waals surface area contributed by atoms with Crippen LogP contribution < -0.4 is 10.2 Å². The SMILES string of the molecule is CC(Cc1ccc2c(c1)CCN2C(=O)C1CCCCC1)N1CCNCC1. The van der Waals surface area contributed by atoms with Gasteiger partial charge in [0.05, 0.1) is 0 Å². The van der Waals surface area contributed by atoms with Crippen molar-refractivity contribution in [3.8, 4) is 0 Å². The molecule has 0 bridgehead atoms. The summed E-state index contributed by atoms with van der Waals surface area (Å²) in [4.78, 5) is 17.6. The maximum Gasteiger partial charge on any atom is 0.230 e. The van der Waals surface area contributed by atoms with E-state index in [4.69, 9.17) is 0 Å². The van der Waals surface area contributed by atoms with E-state index < -0.39 is 0 Å². The summed E-state index contributed by atoms with van der Waals surface area (Å²) in [5.41, 5.74) is 3.97. The molecule has 4 heteroatoms. The van der Waals surface area contributed by atoms with Crippen molar-refractivity contribution in [3.63, 3.8) is 0 Å². The van der Waals surface area contributed by atoms with Crippen molar-refractivity contribution in [2.24, 2.45) is 5.92 Å². The van der Waals surface area contributed by atoms with Gasteiger partial charge in [-0.2, -0.15) is 0 Å². The molecule has 3 aliphatic rings. The first kappa shape index (κ1) is 18.0. The molecular weight excluding hydrogens is 322 g/mol. The lowest BCUT2D eigenvalue weighted by Crippen LogP contribution is -2.48. The molecule has 2 heterocycles. The largest absolute Gasteiger partial charge is 0.314 e. The van der Waals surface area contributed by atoms with Gasteiger partial charge in [-0.25, -0.2) is 0 Å². The van der Waals surface area contributed by atoms with Crippen molar-refractivity contribution in [1.29, 1.82) is 0 Å².